The number of rotatable bonds is 7. The van der Waals surface area contributed by atoms with E-state index in [4.69, 9.17) is 15.5 Å². The van der Waals surface area contributed by atoms with Crippen molar-refractivity contribution in [2.75, 3.05) is 13.1 Å². The fourth-order valence-corrected chi connectivity index (χ4v) is 5.59. The topological polar surface area (TPSA) is 120 Å². The van der Waals surface area contributed by atoms with Crippen molar-refractivity contribution in [2.24, 2.45) is 23.7 Å². The zero-order chi connectivity index (χ0) is 29.5. The van der Waals surface area contributed by atoms with Gasteiger partial charge in [0.15, 0.2) is 5.82 Å². The molecule has 1 aliphatic carbocycles. The Balaban J connectivity index is 1.42. The van der Waals surface area contributed by atoms with E-state index in [1.807, 2.05) is 65.1 Å². The Hall–Kier alpha value is -3.92. The Labute approximate surface area is 241 Å². The Morgan fingerprint density at radius 3 is 2.66 bits per heavy atom. The van der Waals surface area contributed by atoms with Crippen molar-refractivity contribution in [2.45, 2.75) is 71.2 Å². The van der Waals surface area contributed by atoms with E-state index in [0.29, 0.717) is 31.0 Å². The van der Waals surface area contributed by atoms with Gasteiger partial charge in [0, 0.05) is 43.9 Å². The largest absolute Gasteiger partial charge is 0.444 e. The Morgan fingerprint density at radius 1 is 1.24 bits per heavy atom. The van der Waals surface area contributed by atoms with E-state index in [9.17, 15) is 9.59 Å². The molecule has 0 unspecified atom stereocenters. The summed E-state index contributed by atoms with van der Waals surface area (Å²) in [6.07, 6.45) is 6.55. The Morgan fingerprint density at radius 2 is 2.00 bits per heavy atom. The van der Waals surface area contributed by atoms with Gasteiger partial charge in [-0.2, -0.15) is 0 Å². The number of aromatic nitrogens is 3. The van der Waals surface area contributed by atoms with Crippen LogP contribution >= 0.6 is 0 Å². The summed E-state index contributed by atoms with van der Waals surface area (Å²) in [5, 5.41) is 2.87. The molecular weight excluding hydrogens is 518 g/mol. The molecule has 3 heterocycles. The predicted octanol–water partition coefficient (Wildman–Crippen LogP) is 4.88. The monoisotopic (exact) mass is 559 g/mol. The molecule has 218 valence electrons. The van der Waals surface area contributed by atoms with Crippen LogP contribution in [0.4, 0.5) is 10.6 Å². The molecule has 10 heteroatoms. The highest BCUT2D eigenvalue weighted by Crippen LogP contribution is 2.38. The number of nitrogens with one attached hydrogen (secondary N) is 1. The first-order chi connectivity index (χ1) is 19.5. The van der Waals surface area contributed by atoms with Crippen molar-refractivity contribution in [3.05, 3.63) is 41.5 Å². The normalized spacial score (nSPS) is 19.6. The highest BCUT2D eigenvalue weighted by Gasteiger charge is 2.31. The molecular formula is C31H41N7O3. The van der Waals surface area contributed by atoms with E-state index in [-0.39, 0.29) is 18.0 Å². The zero-order valence-electron chi connectivity index (χ0n) is 24.7. The lowest BCUT2D eigenvalue weighted by Gasteiger charge is -2.36. The number of carbonyl (C=O) groups excluding carboxylic acids is 2. The maximum atomic E-state index is 13.6. The van der Waals surface area contributed by atoms with Crippen LogP contribution in [0.2, 0.25) is 0 Å². The SMILES string of the molecule is C=Nc1c(/C=C\C)cc(-c2nc3cc(C(=O)N4C[C@@H](N)C[C@@H](NC(=O)OC(C)(C)C)C4)ccc3n2C)n1CC1CC1. The van der Waals surface area contributed by atoms with Crippen LogP contribution in [-0.4, -0.2) is 68.5 Å². The lowest BCUT2D eigenvalue weighted by atomic mass is 10.0. The average Bonchev–Trinajstić information content (AvgIpc) is 3.57. The molecule has 2 aromatic heterocycles. The number of piperidine rings is 1. The quantitative estimate of drug-likeness (QED) is 0.400. The summed E-state index contributed by atoms with van der Waals surface area (Å²) in [6.45, 7) is 12.9. The van der Waals surface area contributed by atoms with Gasteiger partial charge in [-0.1, -0.05) is 12.2 Å². The van der Waals surface area contributed by atoms with E-state index in [2.05, 4.69) is 32.2 Å². The lowest BCUT2D eigenvalue weighted by Crippen LogP contribution is -2.56. The molecule has 0 bridgehead atoms. The van der Waals surface area contributed by atoms with E-state index >= 15 is 0 Å². The van der Waals surface area contributed by atoms with Gasteiger partial charge < -0.3 is 29.8 Å². The van der Waals surface area contributed by atoms with Crippen molar-refractivity contribution >= 4 is 41.6 Å². The van der Waals surface area contributed by atoms with Gasteiger partial charge in [0.1, 0.15) is 11.4 Å². The van der Waals surface area contributed by atoms with E-state index < -0.39 is 11.7 Å². The number of fused-ring (bicyclic) bond motifs is 1. The van der Waals surface area contributed by atoms with Crippen LogP contribution in [0.5, 0.6) is 0 Å². The van der Waals surface area contributed by atoms with E-state index in [1.54, 1.807) is 4.90 Å². The van der Waals surface area contributed by atoms with Crippen LogP contribution < -0.4 is 11.1 Å². The fraction of sp³-hybridized carbons (Fsp3) is 0.484. The molecule has 1 saturated carbocycles. The first-order valence-electron chi connectivity index (χ1n) is 14.3. The third-order valence-electron chi connectivity index (χ3n) is 7.58. The van der Waals surface area contributed by atoms with Crippen LogP contribution in [0.15, 0.2) is 35.3 Å². The Kier molecular flexibility index (Phi) is 7.78. The molecule has 10 nitrogen and oxygen atoms in total. The van der Waals surface area contributed by atoms with Crippen LogP contribution in [0.1, 0.15) is 62.9 Å². The molecule has 3 aromatic rings. The number of hydrogen-bond donors (Lipinski definition) is 2. The van der Waals surface area contributed by atoms with Gasteiger partial charge in [-0.05, 0) is 83.9 Å². The first kappa shape index (κ1) is 28.6. The van der Waals surface area contributed by atoms with Crippen molar-refractivity contribution in [3.63, 3.8) is 0 Å². The number of ether oxygens (including phenoxy) is 1. The molecule has 1 aromatic carbocycles. The number of aryl methyl sites for hydroxylation is 1. The van der Waals surface area contributed by atoms with Gasteiger partial charge in [0.2, 0.25) is 0 Å². The van der Waals surface area contributed by atoms with Crippen LogP contribution in [0.3, 0.4) is 0 Å². The standard InChI is InChI=1S/C31H41N7O3/c1-7-8-20-14-26(38(27(20)33-5)16-19-9-10-19)28-35-24-13-21(11-12-25(24)36(28)6)29(39)37-17-22(32)15-23(18-37)34-30(40)41-31(2,3)4/h7-8,11-14,19,22-23H,5,9-10,15-18,32H2,1-4,6H3,(H,34,40)/b8-7-/t22-,23+/m0/s1. The van der Waals surface area contributed by atoms with Crippen LogP contribution in [-0.2, 0) is 18.3 Å². The van der Waals surface area contributed by atoms with Crippen molar-refractivity contribution < 1.29 is 14.3 Å². The number of carbonyl (C=O) groups is 2. The smallest absolute Gasteiger partial charge is 0.407 e. The summed E-state index contributed by atoms with van der Waals surface area (Å²) in [7, 11) is 1.99. The molecule has 0 spiro atoms. The minimum Gasteiger partial charge on any atom is -0.444 e. The zero-order valence-corrected chi connectivity index (χ0v) is 24.7. The van der Waals surface area contributed by atoms with Crippen molar-refractivity contribution in [3.8, 4) is 11.5 Å². The minimum atomic E-state index is -0.606. The number of nitrogens with zero attached hydrogens (tertiary/aromatic N) is 5. The van der Waals surface area contributed by atoms with Gasteiger partial charge in [0.05, 0.1) is 22.8 Å². The van der Waals surface area contributed by atoms with Gasteiger partial charge >= 0.3 is 6.09 Å². The predicted molar refractivity (Wildman–Crippen MR) is 162 cm³/mol. The summed E-state index contributed by atoms with van der Waals surface area (Å²) in [5.41, 5.74) is 9.87. The fourth-order valence-electron chi connectivity index (χ4n) is 5.59. The summed E-state index contributed by atoms with van der Waals surface area (Å²) in [5.74, 6) is 2.16. The van der Waals surface area contributed by atoms with Gasteiger partial charge in [-0.25, -0.2) is 14.8 Å². The second-order valence-electron chi connectivity index (χ2n) is 12.3. The van der Waals surface area contributed by atoms with Crippen LogP contribution in [0, 0.1) is 5.92 Å². The summed E-state index contributed by atoms with van der Waals surface area (Å²) < 4.78 is 9.68. The average molecular weight is 560 g/mol. The summed E-state index contributed by atoms with van der Waals surface area (Å²) >= 11 is 0. The second-order valence-corrected chi connectivity index (χ2v) is 12.3. The lowest BCUT2D eigenvalue weighted by molar-refractivity contribution is 0.0443. The number of imidazole rings is 1. The minimum absolute atomic E-state index is 0.143. The molecule has 2 atom stereocenters. The summed E-state index contributed by atoms with van der Waals surface area (Å²) in [6, 6.07) is 7.18. The highest BCUT2D eigenvalue weighted by atomic mass is 16.6. The second kappa shape index (κ2) is 11.2. The molecule has 1 aliphatic heterocycles. The maximum absolute atomic E-state index is 13.6. The van der Waals surface area contributed by atoms with Gasteiger partial charge in [-0.15, -0.1) is 0 Å². The van der Waals surface area contributed by atoms with Gasteiger partial charge in [-0.3, -0.25) is 4.79 Å². The number of aliphatic imine (C=N–C) groups is 1. The van der Waals surface area contributed by atoms with Gasteiger partial charge in [0.25, 0.3) is 5.91 Å². The highest BCUT2D eigenvalue weighted by molar-refractivity contribution is 5.98. The molecule has 1 saturated heterocycles. The van der Waals surface area contributed by atoms with Crippen LogP contribution in [0.25, 0.3) is 28.6 Å². The Bertz CT molecular complexity index is 1510. The van der Waals surface area contributed by atoms with Crippen molar-refractivity contribution in [1.82, 2.24) is 24.3 Å². The molecule has 0 radical (unpaired) electrons. The molecule has 2 amide bonds. The molecule has 5 rings (SSSR count). The number of nitrogens with two attached hydrogens (primary N) is 1. The third kappa shape index (κ3) is 6.22. The maximum Gasteiger partial charge on any atom is 0.407 e. The molecule has 2 fully saturated rings. The molecule has 2 aliphatic rings. The number of benzene rings is 1. The summed E-state index contributed by atoms with van der Waals surface area (Å²) in [4.78, 5) is 37.0. The molecule has 3 N–H and O–H groups in total. The third-order valence-corrected chi connectivity index (χ3v) is 7.58. The van der Waals surface area contributed by atoms with E-state index in [0.717, 1.165) is 40.5 Å². The number of amides is 2. The van der Waals surface area contributed by atoms with Crippen molar-refractivity contribution in [1.29, 1.82) is 0 Å². The number of allylic oxidation sites excluding steroid dienone is 1. The number of likely N-dealkylation sites (tertiary alicyclic amines) is 1. The molecule has 41 heavy (non-hydrogen) atoms. The number of hydrogen-bond acceptors (Lipinski definition) is 6. The first-order valence-corrected chi connectivity index (χ1v) is 14.3. The van der Waals surface area contributed by atoms with E-state index in [1.165, 1.54) is 12.8 Å². The number of alkyl carbamates (subject to hydrolysis) is 1.